The van der Waals surface area contributed by atoms with Crippen molar-refractivity contribution in [2.24, 2.45) is 5.73 Å². The second kappa shape index (κ2) is 7.04. The second-order valence-electron chi connectivity index (χ2n) is 4.48. The Hall–Kier alpha value is -2.89. The molecule has 0 unspecified atom stereocenters. The van der Waals surface area contributed by atoms with Gasteiger partial charge in [-0.1, -0.05) is 30.3 Å². The van der Waals surface area contributed by atoms with Gasteiger partial charge in [-0.2, -0.15) is 0 Å². The molecule has 6 heteroatoms. The number of primary amides is 1. The minimum absolute atomic E-state index is 0.347. The van der Waals surface area contributed by atoms with Gasteiger partial charge in [0.25, 0.3) is 0 Å². The summed E-state index contributed by atoms with van der Waals surface area (Å²) in [7, 11) is 0. The first kappa shape index (κ1) is 14.5. The maximum absolute atomic E-state index is 11.9. The summed E-state index contributed by atoms with van der Waals surface area (Å²) >= 11 is 0. The molecule has 1 aromatic carbocycles. The van der Waals surface area contributed by atoms with E-state index >= 15 is 0 Å². The summed E-state index contributed by atoms with van der Waals surface area (Å²) in [6.07, 6.45) is 3.47. The van der Waals surface area contributed by atoms with E-state index in [0.29, 0.717) is 12.1 Å². The number of urea groups is 1. The largest absolute Gasteiger partial charge is 0.368 e. The number of nitrogens with one attached hydrogen (secondary N) is 2. The molecule has 2 aromatic rings. The highest BCUT2D eigenvalue weighted by molar-refractivity contribution is 5.93. The van der Waals surface area contributed by atoms with Crippen LogP contribution in [0.1, 0.15) is 5.56 Å². The fourth-order valence-corrected chi connectivity index (χ4v) is 1.83. The average Bonchev–Trinajstić information content (AvgIpc) is 2.48. The number of nitrogens with two attached hydrogens (primary N) is 1. The third-order valence-corrected chi connectivity index (χ3v) is 2.87. The van der Waals surface area contributed by atoms with Crippen molar-refractivity contribution in [3.63, 3.8) is 0 Å². The lowest BCUT2D eigenvalue weighted by molar-refractivity contribution is -0.119. The molecule has 21 heavy (non-hydrogen) atoms. The van der Waals surface area contributed by atoms with Gasteiger partial charge in [-0.05, 0) is 17.7 Å². The lowest BCUT2D eigenvalue weighted by Crippen LogP contribution is -2.47. The Morgan fingerprint density at radius 3 is 2.38 bits per heavy atom. The van der Waals surface area contributed by atoms with E-state index in [2.05, 4.69) is 15.6 Å². The molecule has 0 aliphatic carbocycles. The van der Waals surface area contributed by atoms with Gasteiger partial charge in [0.1, 0.15) is 6.04 Å². The monoisotopic (exact) mass is 284 g/mol. The van der Waals surface area contributed by atoms with Crippen molar-refractivity contribution in [2.75, 3.05) is 5.32 Å². The van der Waals surface area contributed by atoms with Crippen LogP contribution in [0.2, 0.25) is 0 Å². The molecule has 0 spiro atoms. The Morgan fingerprint density at radius 1 is 1.10 bits per heavy atom. The molecule has 2 rings (SSSR count). The Bertz CT molecular complexity index is 602. The van der Waals surface area contributed by atoms with E-state index in [4.69, 9.17) is 5.73 Å². The summed E-state index contributed by atoms with van der Waals surface area (Å²) in [5.41, 5.74) is 6.84. The molecule has 0 fully saturated rings. The standard InChI is InChI=1S/C15H16N4O2/c16-14(20)13(10-11-4-2-1-3-5-11)19-15(21)18-12-6-8-17-9-7-12/h1-9,13H,10H2,(H2,16,20)(H2,17,18,19,21)/t13-/m0/s1. The Balaban J connectivity index is 1.96. The number of benzene rings is 1. The van der Waals surface area contributed by atoms with Gasteiger partial charge in [-0.25, -0.2) is 4.79 Å². The highest BCUT2D eigenvalue weighted by Crippen LogP contribution is 2.05. The molecule has 108 valence electrons. The maximum Gasteiger partial charge on any atom is 0.319 e. The molecule has 0 aliphatic rings. The van der Waals surface area contributed by atoms with E-state index in [9.17, 15) is 9.59 Å². The highest BCUT2D eigenvalue weighted by atomic mass is 16.2. The van der Waals surface area contributed by atoms with Gasteiger partial charge in [0.2, 0.25) is 5.91 Å². The molecule has 0 aliphatic heterocycles. The van der Waals surface area contributed by atoms with E-state index < -0.39 is 18.0 Å². The quantitative estimate of drug-likeness (QED) is 0.772. The van der Waals surface area contributed by atoms with E-state index in [1.54, 1.807) is 24.5 Å². The zero-order valence-corrected chi connectivity index (χ0v) is 11.3. The van der Waals surface area contributed by atoms with Crippen molar-refractivity contribution >= 4 is 17.6 Å². The molecule has 6 nitrogen and oxygen atoms in total. The SMILES string of the molecule is NC(=O)[C@H](Cc1ccccc1)NC(=O)Nc1ccncc1. The average molecular weight is 284 g/mol. The summed E-state index contributed by atoms with van der Waals surface area (Å²) in [6, 6.07) is 11.4. The van der Waals surface area contributed by atoms with E-state index in [0.717, 1.165) is 5.56 Å². The molecule has 1 heterocycles. The number of rotatable bonds is 5. The number of carbonyl (C=O) groups is 2. The smallest absolute Gasteiger partial charge is 0.319 e. The molecule has 4 N–H and O–H groups in total. The predicted octanol–water partition coefficient (Wildman–Crippen LogP) is 1.30. The van der Waals surface area contributed by atoms with Crippen LogP contribution in [0.4, 0.5) is 10.5 Å². The number of amides is 3. The van der Waals surface area contributed by atoms with Gasteiger partial charge >= 0.3 is 6.03 Å². The van der Waals surface area contributed by atoms with E-state index in [1.807, 2.05) is 30.3 Å². The molecule has 0 bridgehead atoms. The highest BCUT2D eigenvalue weighted by Gasteiger charge is 2.18. The van der Waals surface area contributed by atoms with Crippen molar-refractivity contribution in [1.82, 2.24) is 10.3 Å². The first-order chi connectivity index (χ1) is 10.1. The molecule has 1 atom stereocenters. The molecule has 0 radical (unpaired) electrons. The minimum Gasteiger partial charge on any atom is -0.368 e. The number of hydrogen-bond donors (Lipinski definition) is 3. The number of carbonyl (C=O) groups excluding carboxylic acids is 2. The number of anilines is 1. The number of nitrogens with zero attached hydrogens (tertiary/aromatic N) is 1. The van der Waals surface area contributed by atoms with Crippen LogP contribution in [0.5, 0.6) is 0 Å². The Labute approximate surface area is 122 Å². The maximum atomic E-state index is 11.9. The zero-order chi connectivity index (χ0) is 15.1. The van der Waals surface area contributed by atoms with Crippen LogP contribution in [0.15, 0.2) is 54.9 Å². The van der Waals surface area contributed by atoms with Gasteiger partial charge in [-0.15, -0.1) is 0 Å². The van der Waals surface area contributed by atoms with Crippen LogP contribution in [0.25, 0.3) is 0 Å². The molecule has 3 amide bonds. The summed E-state index contributed by atoms with van der Waals surface area (Å²) in [5.74, 6) is -0.580. The van der Waals surface area contributed by atoms with Crippen LogP contribution in [-0.2, 0) is 11.2 Å². The first-order valence-corrected chi connectivity index (χ1v) is 6.46. The zero-order valence-electron chi connectivity index (χ0n) is 11.3. The van der Waals surface area contributed by atoms with Crippen molar-refractivity contribution in [2.45, 2.75) is 12.5 Å². The fraction of sp³-hybridized carbons (Fsp3) is 0.133. The minimum atomic E-state index is -0.769. The summed E-state index contributed by atoms with van der Waals surface area (Å²) < 4.78 is 0. The normalized spacial score (nSPS) is 11.4. The van der Waals surface area contributed by atoms with Gasteiger partial charge in [-0.3, -0.25) is 9.78 Å². The third kappa shape index (κ3) is 4.61. The summed E-state index contributed by atoms with van der Waals surface area (Å²) in [4.78, 5) is 27.2. The predicted molar refractivity (Wildman–Crippen MR) is 79.5 cm³/mol. The molecular weight excluding hydrogens is 268 g/mol. The Morgan fingerprint density at radius 2 is 1.76 bits per heavy atom. The van der Waals surface area contributed by atoms with Crippen molar-refractivity contribution in [3.8, 4) is 0 Å². The van der Waals surface area contributed by atoms with Crippen molar-refractivity contribution < 1.29 is 9.59 Å². The lowest BCUT2D eigenvalue weighted by atomic mass is 10.1. The third-order valence-electron chi connectivity index (χ3n) is 2.87. The van der Waals surface area contributed by atoms with Gasteiger partial charge in [0.15, 0.2) is 0 Å². The molecule has 0 saturated heterocycles. The van der Waals surface area contributed by atoms with Crippen LogP contribution < -0.4 is 16.4 Å². The molecule has 0 saturated carbocycles. The summed E-state index contributed by atoms with van der Waals surface area (Å²) in [5, 5.41) is 5.18. The number of pyridine rings is 1. The first-order valence-electron chi connectivity index (χ1n) is 6.46. The van der Waals surface area contributed by atoms with Crippen LogP contribution in [-0.4, -0.2) is 23.0 Å². The second-order valence-corrected chi connectivity index (χ2v) is 4.48. The van der Waals surface area contributed by atoms with Crippen molar-refractivity contribution in [3.05, 3.63) is 60.4 Å². The number of aromatic nitrogens is 1. The lowest BCUT2D eigenvalue weighted by Gasteiger charge is -2.16. The van der Waals surface area contributed by atoms with E-state index in [1.165, 1.54) is 0 Å². The van der Waals surface area contributed by atoms with E-state index in [-0.39, 0.29) is 0 Å². The van der Waals surface area contributed by atoms with Crippen LogP contribution in [0, 0.1) is 0 Å². The van der Waals surface area contributed by atoms with Crippen LogP contribution >= 0.6 is 0 Å². The number of hydrogen-bond acceptors (Lipinski definition) is 3. The van der Waals surface area contributed by atoms with Gasteiger partial charge in [0, 0.05) is 24.5 Å². The van der Waals surface area contributed by atoms with Gasteiger partial charge in [0.05, 0.1) is 0 Å². The van der Waals surface area contributed by atoms with Crippen LogP contribution in [0.3, 0.4) is 0 Å². The topological polar surface area (TPSA) is 97.1 Å². The Kier molecular flexibility index (Phi) is 4.87. The summed E-state index contributed by atoms with van der Waals surface area (Å²) in [6.45, 7) is 0. The fourth-order valence-electron chi connectivity index (χ4n) is 1.83. The molecular formula is C15H16N4O2. The van der Waals surface area contributed by atoms with Gasteiger partial charge < -0.3 is 16.4 Å². The van der Waals surface area contributed by atoms with Crippen molar-refractivity contribution in [1.29, 1.82) is 0 Å². The molecule has 1 aromatic heterocycles.